The fourth-order valence-corrected chi connectivity index (χ4v) is 1.61. The second kappa shape index (κ2) is 4.94. The van der Waals surface area contributed by atoms with Crippen LogP contribution in [0.5, 0.6) is 0 Å². The van der Waals surface area contributed by atoms with Crippen molar-refractivity contribution in [2.75, 3.05) is 5.32 Å². The summed E-state index contributed by atoms with van der Waals surface area (Å²) in [5, 5.41) is 12.5. The van der Waals surface area contributed by atoms with Gasteiger partial charge in [-0.1, -0.05) is 17.7 Å². The Labute approximate surface area is 105 Å². The zero-order chi connectivity index (χ0) is 12.3. The lowest BCUT2D eigenvalue weighted by atomic mass is 10.2. The van der Waals surface area contributed by atoms with Gasteiger partial charge in [0.05, 0.1) is 6.54 Å². The van der Waals surface area contributed by atoms with E-state index in [0.29, 0.717) is 12.3 Å². The molecule has 0 spiro atoms. The Balaban J connectivity index is 2.02. The molecule has 2 rings (SSSR count). The minimum atomic E-state index is 0.323. The van der Waals surface area contributed by atoms with Gasteiger partial charge < -0.3 is 9.73 Å². The highest BCUT2D eigenvalue weighted by Gasteiger charge is 2.02. The summed E-state index contributed by atoms with van der Waals surface area (Å²) < 4.78 is 5.25. The number of nitrogens with zero attached hydrogens (tertiary/aromatic N) is 1. The number of halogens is 1. The molecule has 0 radical (unpaired) electrons. The third-order valence-corrected chi connectivity index (χ3v) is 2.82. The van der Waals surface area contributed by atoms with E-state index in [1.807, 2.05) is 31.2 Å². The number of nitrogens with one attached hydrogen (secondary N) is 1. The van der Waals surface area contributed by atoms with Gasteiger partial charge in [-0.25, -0.2) is 0 Å². The summed E-state index contributed by atoms with van der Waals surface area (Å²) in [6.45, 7) is 2.49. The summed E-state index contributed by atoms with van der Waals surface area (Å²) in [5.74, 6) is 1.04. The van der Waals surface area contributed by atoms with Crippen molar-refractivity contribution < 1.29 is 4.42 Å². The van der Waals surface area contributed by atoms with Crippen LogP contribution in [0.2, 0.25) is 5.02 Å². The van der Waals surface area contributed by atoms with Gasteiger partial charge in [0.25, 0.3) is 0 Å². The third-order valence-electron chi connectivity index (χ3n) is 2.41. The lowest BCUT2D eigenvalue weighted by Gasteiger charge is -2.06. The standard InChI is InChI=1S/C13H11ClN2O/c1-9-2-3-10(6-13(9)14)16-8-12-5-4-11(7-15)17-12/h2-6,16H,8H2,1H3. The number of hydrogen-bond donors (Lipinski definition) is 1. The highest BCUT2D eigenvalue weighted by molar-refractivity contribution is 6.31. The summed E-state index contributed by atoms with van der Waals surface area (Å²) in [6.07, 6.45) is 0. The number of hydrogen-bond acceptors (Lipinski definition) is 3. The van der Waals surface area contributed by atoms with Crippen molar-refractivity contribution in [2.24, 2.45) is 0 Å². The van der Waals surface area contributed by atoms with Crippen molar-refractivity contribution in [3.05, 3.63) is 52.4 Å². The Bertz CT molecular complexity index is 569. The molecule has 0 fully saturated rings. The first-order chi connectivity index (χ1) is 8.19. The number of furan rings is 1. The van der Waals surface area contributed by atoms with E-state index in [1.165, 1.54) is 0 Å². The number of rotatable bonds is 3. The van der Waals surface area contributed by atoms with Crippen LogP contribution in [-0.2, 0) is 6.54 Å². The molecule has 1 aromatic carbocycles. The van der Waals surface area contributed by atoms with Gasteiger partial charge in [-0.15, -0.1) is 0 Å². The molecule has 1 heterocycles. The first-order valence-electron chi connectivity index (χ1n) is 5.18. The molecule has 17 heavy (non-hydrogen) atoms. The Morgan fingerprint density at radius 2 is 2.18 bits per heavy atom. The molecule has 0 amide bonds. The molecule has 1 N–H and O–H groups in total. The summed E-state index contributed by atoms with van der Waals surface area (Å²) in [7, 11) is 0. The Morgan fingerprint density at radius 3 is 2.82 bits per heavy atom. The minimum Gasteiger partial charge on any atom is -0.449 e. The van der Waals surface area contributed by atoms with E-state index < -0.39 is 0 Å². The number of benzene rings is 1. The SMILES string of the molecule is Cc1ccc(NCc2ccc(C#N)o2)cc1Cl. The van der Waals surface area contributed by atoms with Gasteiger partial charge in [0.1, 0.15) is 11.8 Å². The van der Waals surface area contributed by atoms with Crippen molar-refractivity contribution in [3.8, 4) is 6.07 Å². The van der Waals surface area contributed by atoms with Crippen LogP contribution in [-0.4, -0.2) is 0 Å². The smallest absolute Gasteiger partial charge is 0.203 e. The maximum Gasteiger partial charge on any atom is 0.203 e. The quantitative estimate of drug-likeness (QED) is 0.898. The maximum atomic E-state index is 8.62. The maximum absolute atomic E-state index is 8.62. The minimum absolute atomic E-state index is 0.323. The van der Waals surface area contributed by atoms with Crippen molar-refractivity contribution in [2.45, 2.75) is 13.5 Å². The molecule has 0 unspecified atom stereocenters. The average molecular weight is 247 g/mol. The molecule has 4 heteroatoms. The van der Waals surface area contributed by atoms with Gasteiger partial charge >= 0.3 is 0 Å². The topological polar surface area (TPSA) is 49.0 Å². The van der Waals surface area contributed by atoms with Crippen LogP contribution in [0.4, 0.5) is 5.69 Å². The summed E-state index contributed by atoms with van der Waals surface area (Å²) >= 11 is 6.02. The van der Waals surface area contributed by atoms with Crippen molar-refractivity contribution in [1.82, 2.24) is 0 Å². The lowest BCUT2D eigenvalue weighted by molar-refractivity contribution is 0.506. The fourth-order valence-electron chi connectivity index (χ4n) is 1.43. The molecular formula is C13H11ClN2O. The van der Waals surface area contributed by atoms with E-state index in [-0.39, 0.29) is 0 Å². The zero-order valence-corrected chi connectivity index (χ0v) is 10.1. The van der Waals surface area contributed by atoms with Gasteiger partial charge in [0.15, 0.2) is 0 Å². The molecule has 0 aliphatic rings. The van der Waals surface area contributed by atoms with Crippen LogP contribution in [0.1, 0.15) is 17.1 Å². The van der Waals surface area contributed by atoms with Crippen molar-refractivity contribution in [1.29, 1.82) is 5.26 Å². The highest BCUT2D eigenvalue weighted by Crippen LogP contribution is 2.20. The third kappa shape index (κ3) is 2.80. The van der Waals surface area contributed by atoms with Crippen LogP contribution in [0.3, 0.4) is 0 Å². The van der Waals surface area contributed by atoms with Crippen LogP contribution in [0.25, 0.3) is 0 Å². The van der Waals surface area contributed by atoms with Gasteiger partial charge in [0.2, 0.25) is 5.76 Å². The van der Waals surface area contributed by atoms with Crippen LogP contribution < -0.4 is 5.32 Å². The normalized spacial score (nSPS) is 9.94. The van der Waals surface area contributed by atoms with Gasteiger partial charge in [-0.2, -0.15) is 5.26 Å². The van der Waals surface area contributed by atoms with E-state index >= 15 is 0 Å². The Morgan fingerprint density at radius 1 is 1.35 bits per heavy atom. The van der Waals surface area contributed by atoms with E-state index in [4.69, 9.17) is 21.3 Å². The summed E-state index contributed by atoms with van der Waals surface area (Å²) in [6, 6.07) is 11.1. The van der Waals surface area contributed by atoms with Crippen LogP contribution >= 0.6 is 11.6 Å². The van der Waals surface area contributed by atoms with E-state index in [1.54, 1.807) is 12.1 Å². The number of aryl methyl sites for hydroxylation is 1. The molecule has 86 valence electrons. The molecule has 1 aromatic heterocycles. The molecule has 2 aromatic rings. The van der Waals surface area contributed by atoms with Gasteiger partial charge in [-0.3, -0.25) is 0 Å². The Kier molecular flexibility index (Phi) is 3.36. The molecule has 0 saturated heterocycles. The number of nitriles is 1. The first-order valence-corrected chi connectivity index (χ1v) is 5.55. The molecule has 0 aliphatic heterocycles. The van der Waals surface area contributed by atoms with Crippen LogP contribution in [0, 0.1) is 18.3 Å². The second-order valence-electron chi connectivity index (χ2n) is 3.70. The molecule has 0 aliphatic carbocycles. The number of anilines is 1. The molecule has 0 saturated carbocycles. The second-order valence-corrected chi connectivity index (χ2v) is 4.10. The summed E-state index contributed by atoms with van der Waals surface area (Å²) in [5.41, 5.74) is 1.97. The van der Waals surface area contributed by atoms with Gasteiger partial charge in [-0.05, 0) is 36.8 Å². The predicted molar refractivity (Wildman–Crippen MR) is 66.9 cm³/mol. The molecule has 3 nitrogen and oxygen atoms in total. The highest BCUT2D eigenvalue weighted by atomic mass is 35.5. The van der Waals surface area contributed by atoms with Crippen molar-refractivity contribution >= 4 is 17.3 Å². The van der Waals surface area contributed by atoms with E-state index in [0.717, 1.165) is 22.0 Å². The molecular weight excluding hydrogens is 236 g/mol. The van der Waals surface area contributed by atoms with E-state index in [2.05, 4.69) is 5.32 Å². The molecule has 0 bridgehead atoms. The van der Waals surface area contributed by atoms with Crippen LogP contribution in [0.15, 0.2) is 34.7 Å². The Hall–Kier alpha value is -1.92. The summed E-state index contributed by atoms with van der Waals surface area (Å²) in [4.78, 5) is 0. The monoisotopic (exact) mass is 246 g/mol. The fraction of sp³-hybridized carbons (Fsp3) is 0.154. The van der Waals surface area contributed by atoms with E-state index in [9.17, 15) is 0 Å². The average Bonchev–Trinajstić information content (AvgIpc) is 2.79. The largest absolute Gasteiger partial charge is 0.449 e. The molecule has 0 atom stereocenters. The zero-order valence-electron chi connectivity index (χ0n) is 9.33. The van der Waals surface area contributed by atoms with Gasteiger partial charge in [0, 0.05) is 10.7 Å². The lowest BCUT2D eigenvalue weighted by Crippen LogP contribution is -1.98. The first kappa shape index (κ1) is 11.6. The van der Waals surface area contributed by atoms with Crippen molar-refractivity contribution in [3.63, 3.8) is 0 Å². The predicted octanol–water partition coefficient (Wildman–Crippen LogP) is 3.73.